The second-order valence-electron chi connectivity index (χ2n) is 2.40. The first kappa shape index (κ1) is 12.8. The average Bonchev–Trinajstić information content (AvgIpc) is 2.17. The highest BCUT2D eigenvalue weighted by molar-refractivity contribution is 6.03. The molecule has 14 heavy (non-hydrogen) atoms. The minimum atomic E-state index is -3.11. The summed E-state index contributed by atoms with van der Waals surface area (Å²) < 4.78 is 22.1. The van der Waals surface area contributed by atoms with E-state index in [1.807, 2.05) is 0 Å². The van der Waals surface area contributed by atoms with E-state index in [4.69, 9.17) is 5.11 Å². The first-order chi connectivity index (χ1) is 6.52. The van der Waals surface area contributed by atoms with Crippen LogP contribution in [0.15, 0.2) is 0 Å². The van der Waals surface area contributed by atoms with Crippen LogP contribution in [0.1, 0.15) is 13.8 Å². The van der Waals surface area contributed by atoms with Crippen molar-refractivity contribution in [3.8, 4) is 0 Å². The fourth-order valence-corrected chi connectivity index (χ4v) is 0.703. The van der Waals surface area contributed by atoms with Crippen molar-refractivity contribution < 1.29 is 28.6 Å². The highest BCUT2D eigenvalue weighted by Gasteiger charge is 2.49. The van der Waals surface area contributed by atoms with Gasteiger partial charge in [-0.1, -0.05) is 0 Å². The van der Waals surface area contributed by atoms with Gasteiger partial charge in [0.2, 0.25) is 0 Å². The Labute approximate surface area is 80.8 Å². The molecule has 0 aliphatic carbocycles. The molecule has 0 unspecified atom stereocenters. The van der Waals surface area contributed by atoms with Crippen molar-refractivity contribution in [2.45, 2.75) is 19.5 Å². The van der Waals surface area contributed by atoms with Gasteiger partial charge in [0.25, 0.3) is 0 Å². The van der Waals surface area contributed by atoms with Crippen LogP contribution in [0, 0.1) is 0 Å². The van der Waals surface area contributed by atoms with Crippen molar-refractivity contribution in [1.29, 1.82) is 0 Å². The topological polar surface area (TPSA) is 72.8 Å². The maximum atomic E-state index is 13.5. The van der Waals surface area contributed by atoms with Crippen molar-refractivity contribution >= 4 is 11.9 Å². The van der Waals surface area contributed by atoms with E-state index in [0.717, 1.165) is 0 Å². The predicted molar refractivity (Wildman–Crippen MR) is 44.2 cm³/mol. The van der Waals surface area contributed by atoms with E-state index in [1.54, 1.807) is 0 Å². The van der Waals surface area contributed by atoms with Gasteiger partial charge in [0.15, 0.2) is 0 Å². The van der Waals surface area contributed by atoms with Crippen LogP contribution in [0.5, 0.6) is 0 Å². The van der Waals surface area contributed by atoms with E-state index in [2.05, 4.69) is 9.47 Å². The monoisotopic (exact) mass is 208 g/mol. The Morgan fingerprint density at radius 3 is 1.79 bits per heavy atom. The standard InChI is InChI=1S/C8H13FO5/c1-3-13-6(11)8(9,5-10)7(12)14-4-2/h10H,3-5H2,1-2H3. The van der Waals surface area contributed by atoms with Crippen LogP contribution in [0.4, 0.5) is 4.39 Å². The molecule has 6 heteroatoms. The number of aliphatic hydroxyl groups is 1. The van der Waals surface area contributed by atoms with Gasteiger partial charge in [-0.3, -0.25) is 0 Å². The summed E-state index contributed by atoms with van der Waals surface area (Å²) in [7, 11) is 0. The molecule has 0 aromatic heterocycles. The molecule has 0 fully saturated rings. The van der Waals surface area contributed by atoms with Gasteiger partial charge in [-0.2, -0.15) is 0 Å². The zero-order valence-corrected chi connectivity index (χ0v) is 8.08. The fourth-order valence-electron chi connectivity index (χ4n) is 0.703. The van der Waals surface area contributed by atoms with Crippen molar-refractivity contribution in [2.75, 3.05) is 19.8 Å². The molecule has 5 nitrogen and oxygen atoms in total. The number of esters is 2. The number of ether oxygens (including phenoxy) is 2. The van der Waals surface area contributed by atoms with E-state index in [9.17, 15) is 14.0 Å². The van der Waals surface area contributed by atoms with Gasteiger partial charge in [-0.15, -0.1) is 0 Å². The summed E-state index contributed by atoms with van der Waals surface area (Å²) in [5.74, 6) is -2.86. The highest BCUT2D eigenvalue weighted by Crippen LogP contribution is 2.15. The van der Waals surface area contributed by atoms with Crippen LogP contribution >= 0.6 is 0 Å². The largest absolute Gasteiger partial charge is 0.463 e. The molecule has 0 amide bonds. The van der Waals surface area contributed by atoms with Gasteiger partial charge in [-0.25, -0.2) is 14.0 Å². The summed E-state index contributed by atoms with van der Waals surface area (Å²) in [4.78, 5) is 21.9. The molecule has 0 aromatic rings. The van der Waals surface area contributed by atoms with Gasteiger partial charge in [0, 0.05) is 0 Å². The Morgan fingerprint density at radius 2 is 1.57 bits per heavy atom. The van der Waals surface area contributed by atoms with E-state index >= 15 is 0 Å². The number of aliphatic hydroxyl groups excluding tert-OH is 1. The van der Waals surface area contributed by atoms with Crippen molar-refractivity contribution in [3.63, 3.8) is 0 Å². The van der Waals surface area contributed by atoms with Crippen molar-refractivity contribution in [1.82, 2.24) is 0 Å². The zero-order valence-electron chi connectivity index (χ0n) is 8.08. The molecule has 82 valence electrons. The number of carbonyl (C=O) groups is 2. The fraction of sp³-hybridized carbons (Fsp3) is 0.750. The molecule has 0 radical (unpaired) electrons. The van der Waals surface area contributed by atoms with Crippen LogP contribution in [0.25, 0.3) is 0 Å². The summed E-state index contributed by atoms with van der Waals surface area (Å²) in [6, 6.07) is 0. The minimum absolute atomic E-state index is 0.0795. The lowest BCUT2D eigenvalue weighted by atomic mass is 10.1. The molecule has 0 bridgehead atoms. The summed E-state index contributed by atoms with van der Waals surface area (Å²) in [6.45, 7) is 1.47. The molecule has 0 spiro atoms. The molecule has 0 heterocycles. The minimum Gasteiger partial charge on any atom is -0.463 e. The molecule has 0 rings (SSSR count). The van der Waals surface area contributed by atoms with Gasteiger partial charge >= 0.3 is 17.6 Å². The smallest absolute Gasteiger partial charge is 0.358 e. The summed E-state index contributed by atoms with van der Waals surface area (Å²) in [5, 5.41) is 8.60. The summed E-state index contributed by atoms with van der Waals surface area (Å²) in [6.07, 6.45) is 0. The summed E-state index contributed by atoms with van der Waals surface area (Å²) in [5.41, 5.74) is -3.11. The predicted octanol–water partition coefficient (Wildman–Crippen LogP) is -0.187. The van der Waals surface area contributed by atoms with Gasteiger partial charge < -0.3 is 14.6 Å². The second kappa shape index (κ2) is 5.54. The van der Waals surface area contributed by atoms with Crippen LogP contribution < -0.4 is 0 Å². The van der Waals surface area contributed by atoms with Gasteiger partial charge in [0.1, 0.15) is 0 Å². The molecule has 0 aliphatic heterocycles. The normalized spacial score (nSPS) is 10.9. The molecule has 0 saturated carbocycles. The van der Waals surface area contributed by atoms with Crippen LogP contribution in [0.3, 0.4) is 0 Å². The van der Waals surface area contributed by atoms with E-state index < -0.39 is 24.2 Å². The molecule has 0 atom stereocenters. The van der Waals surface area contributed by atoms with E-state index in [-0.39, 0.29) is 13.2 Å². The Balaban J connectivity index is 4.60. The van der Waals surface area contributed by atoms with E-state index in [0.29, 0.717) is 0 Å². The average molecular weight is 208 g/mol. The Kier molecular flexibility index (Phi) is 5.07. The third-order valence-corrected chi connectivity index (χ3v) is 1.42. The lowest BCUT2D eigenvalue weighted by Gasteiger charge is -2.18. The molecular formula is C8H13FO5. The molecule has 0 aliphatic rings. The van der Waals surface area contributed by atoms with Crippen LogP contribution in [-0.2, 0) is 19.1 Å². The van der Waals surface area contributed by atoms with Gasteiger partial charge in [0.05, 0.1) is 19.8 Å². The van der Waals surface area contributed by atoms with Crippen LogP contribution in [0.2, 0.25) is 0 Å². The number of hydrogen-bond donors (Lipinski definition) is 1. The molecule has 1 N–H and O–H groups in total. The first-order valence-corrected chi connectivity index (χ1v) is 4.17. The van der Waals surface area contributed by atoms with Crippen molar-refractivity contribution in [3.05, 3.63) is 0 Å². The SMILES string of the molecule is CCOC(=O)C(F)(CO)C(=O)OCC. The lowest BCUT2D eigenvalue weighted by Crippen LogP contribution is -2.48. The number of alkyl halides is 1. The van der Waals surface area contributed by atoms with E-state index in [1.165, 1.54) is 13.8 Å². The Morgan fingerprint density at radius 1 is 1.21 bits per heavy atom. The Bertz CT molecular complexity index is 198. The van der Waals surface area contributed by atoms with Crippen LogP contribution in [-0.4, -0.2) is 42.5 Å². The molecule has 0 aromatic carbocycles. The lowest BCUT2D eigenvalue weighted by molar-refractivity contribution is -0.177. The maximum absolute atomic E-state index is 13.5. The number of halogens is 1. The summed E-state index contributed by atoms with van der Waals surface area (Å²) >= 11 is 0. The number of hydrogen-bond acceptors (Lipinski definition) is 5. The second-order valence-corrected chi connectivity index (χ2v) is 2.40. The Hall–Kier alpha value is -1.17. The third kappa shape index (κ3) is 2.66. The quantitative estimate of drug-likeness (QED) is 0.501. The first-order valence-electron chi connectivity index (χ1n) is 4.17. The highest BCUT2D eigenvalue weighted by atomic mass is 19.1. The number of rotatable bonds is 5. The zero-order chi connectivity index (χ0) is 11.2. The maximum Gasteiger partial charge on any atom is 0.358 e. The third-order valence-electron chi connectivity index (χ3n) is 1.42. The molecular weight excluding hydrogens is 195 g/mol. The van der Waals surface area contributed by atoms with Gasteiger partial charge in [-0.05, 0) is 13.8 Å². The van der Waals surface area contributed by atoms with Crippen molar-refractivity contribution in [2.24, 2.45) is 0 Å². The number of carbonyl (C=O) groups excluding carboxylic acids is 2. The molecule has 0 saturated heterocycles.